The van der Waals surface area contributed by atoms with Gasteiger partial charge in [0.1, 0.15) is 17.9 Å². The average molecular weight is 222 g/mol. The van der Waals surface area contributed by atoms with E-state index in [2.05, 4.69) is 11.3 Å². The fourth-order valence-electron chi connectivity index (χ4n) is 0.979. The molecule has 0 aliphatic heterocycles. The molecule has 0 heterocycles. The summed E-state index contributed by atoms with van der Waals surface area (Å²) in [6.07, 6.45) is 0.415. The fraction of sp³-hybridized carbons (Fsp3) is 0.0909. The van der Waals surface area contributed by atoms with Crippen LogP contribution in [-0.2, 0) is 4.74 Å². The lowest BCUT2D eigenvalue weighted by atomic mass is 10.2. The Bertz CT molecular complexity index is 411. The van der Waals surface area contributed by atoms with Crippen molar-refractivity contribution in [3.8, 4) is 5.75 Å². The van der Waals surface area contributed by atoms with Crippen LogP contribution in [0, 0.1) is 0 Å². The highest BCUT2D eigenvalue weighted by Crippen LogP contribution is 2.18. The third-order valence-electron chi connectivity index (χ3n) is 1.63. The molecule has 0 radical (unpaired) electrons. The van der Waals surface area contributed by atoms with Crippen molar-refractivity contribution in [3.63, 3.8) is 0 Å². The molecule has 0 bridgehead atoms. The van der Waals surface area contributed by atoms with E-state index < -0.39 is 12.1 Å². The minimum Gasteiger partial charge on any atom is -0.478 e. The zero-order valence-electron chi connectivity index (χ0n) is 8.38. The first kappa shape index (κ1) is 11.8. The summed E-state index contributed by atoms with van der Waals surface area (Å²) in [6, 6.07) is 5.80. The van der Waals surface area contributed by atoms with E-state index in [9.17, 15) is 9.59 Å². The molecule has 84 valence electrons. The molecule has 0 amide bonds. The van der Waals surface area contributed by atoms with Crippen LogP contribution in [0.3, 0.4) is 0 Å². The van der Waals surface area contributed by atoms with Crippen molar-refractivity contribution in [1.29, 1.82) is 0 Å². The average Bonchev–Trinajstić information content (AvgIpc) is 2.27. The lowest BCUT2D eigenvalue weighted by molar-refractivity contribution is 0.0691. The molecular weight excluding hydrogens is 212 g/mol. The summed E-state index contributed by atoms with van der Waals surface area (Å²) in [6.45, 7) is 3.37. The number of carboxylic acid groups (broad SMARTS) is 1. The predicted octanol–water partition coefficient (Wildman–Crippen LogP) is 2.09. The van der Waals surface area contributed by atoms with Gasteiger partial charge in [-0.3, -0.25) is 0 Å². The first-order valence-electron chi connectivity index (χ1n) is 4.43. The van der Waals surface area contributed by atoms with Crippen molar-refractivity contribution in [2.24, 2.45) is 0 Å². The summed E-state index contributed by atoms with van der Waals surface area (Å²) < 4.78 is 9.28. The van der Waals surface area contributed by atoms with Gasteiger partial charge >= 0.3 is 12.1 Å². The molecule has 5 heteroatoms. The van der Waals surface area contributed by atoms with E-state index in [1.807, 2.05) is 0 Å². The number of aromatic carboxylic acids is 1. The molecule has 1 aromatic carbocycles. The number of carboxylic acids is 1. The second-order valence-electron chi connectivity index (χ2n) is 2.75. The van der Waals surface area contributed by atoms with Gasteiger partial charge < -0.3 is 14.6 Å². The highest BCUT2D eigenvalue weighted by molar-refractivity contribution is 5.91. The van der Waals surface area contributed by atoms with Crippen LogP contribution in [0.2, 0.25) is 0 Å². The number of rotatable bonds is 4. The standard InChI is InChI=1S/C11H10O5/c1-2-7-15-11(14)16-9-6-4-3-5-8(9)10(12)13/h2-6H,1,7H2,(H,12,13). The quantitative estimate of drug-likeness (QED) is 0.479. The molecule has 0 unspecified atom stereocenters. The SMILES string of the molecule is C=CCOC(=O)Oc1ccccc1C(=O)O. The molecule has 0 spiro atoms. The van der Waals surface area contributed by atoms with Crippen molar-refractivity contribution in [1.82, 2.24) is 0 Å². The van der Waals surface area contributed by atoms with E-state index in [1.165, 1.54) is 24.3 Å². The maximum atomic E-state index is 11.1. The number of hydrogen-bond acceptors (Lipinski definition) is 4. The van der Waals surface area contributed by atoms with E-state index in [0.717, 1.165) is 0 Å². The zero-order valence-corrected chi connectivity index (χ0v) is 8.38. The third kappa shape index (κ3) is 3.13. The zero-order chi connectivity index (χ0) is 12.0. The smallest absolute Gasteiger partial charge is 0.478 e. The highest BCUT2D eigenvalue weighted by Gasteiger charge is 2.13. The molecular formula is C11H10O5. The van der Waals surface area contributed by atoms with Crippen LogP contribution in [0.25, 0.3) is 0 Å². The Morgan fingerprint density at radius 2 is 2.06 bits per heavy atom. The maximum Gasteiger partial charge on any atom is 0.514 e. The highest BCUT2D eigenvalue weighted by atomic mass is 16.7. The Kier molecular flexibility index (Phi) is 4.08. The van der Waals surface area contributed by atoms with Crippen molar-refractivity contribution in [2.75, 3.05) is 6.61 Å². The van der Waals surface area contributed by atoms with Gasteiger partial charge in [-0.25, -0.2) is 9.59 Å². The number of hydrogen-bond donors (Lipinski definition) is 1. The summed E-state index contributed by atoms with van der Waals surface area (Å²) in [5.74, 6) is -1.23. The maximum absolute atomic E-state index is 11.1. The van der Waals surface area contributed by atoms with E-state index in [1.54, 1.807) is 6.07 Å². The molecule has 16 heavy (non-hydrogen) atoms. The lowest BCUT2D eigenvalue weighted by Crippen LogP contribution is -2.12. The minimum absolute atomic E-state index is 0.00801. The lowest BCUT2D eigenvalue weighted by Gasteiger charge is -2.06. The number of para-hydroxylation sites is 1. The van der Waals surface area contributed by atoms with Crippen LogP contribution in [0.1, 0.15) is 10.4 Å². The van der Waals surface area contributed by atoms with Gasteiger partial charge in [-0.2, -0.15) is 0 Å². The van der Waals surface area contributed by atoms with E-state index in [0.29, 0.717) is 0 Å². The Morgan fingerprint density at radius 1 is 1.38 bits per heavy atom. The van der Waals surface area contributed by atoms with Gasteiger partial charge in [-0.05, 0) is 12.1 Å². The molecule has 0 saturated carbocycles. The predicted molar refractivity (Wildman–Crippen MR) is 55.6 cm³/mol. The molecule has 0 fully saturated rings. The van der Waals surface area contributed by atoms with Gasteiger partial charge in [0.2, 0.25) is 0 Å². The van der Waals surface area contributed by atoms with Gasteiger partial charge in [0.25, 0.3) is 0 Å². The molecule has 0 aliphatic rings. The minimum atomic E-state index is -1.17. The number of carbonyl (C=O) groups excluding carboxylic acids is 1. The first-order valence-corrected chi connectivity index (χ1v) is 4.43. The van der Waals surface area contributed by atoms with Crippen molar-refractivity contribution in [3.05, 3.63) is 42.5 Å². The summed E-state index contributed by atoms with van der Waals surface area (Å²) in [5, 5.41) is 8.81. The molecule has 5 nitrogen and oxygen atoms in total. The number of benzene rings is 1. The van der Waals surface area contributed by atoms with Gasteiger partial charge in [0, 0.05) is 0 Å². The molecule has 1 N–H and O–H groups in total. The second kappa shape index (κ2) is 5.55. The Labute approximate surface area is 91.9 Å². The van der Waals surface area contributed by atoms with Crippen LogP contribution in [-0.4, -0.2) is 23.8 Å². The Balaban J connectivity index is 2.76. The molecule has 1 rings (SSSR count). The van der Waals surface area contributed by atoms with E-state index in [-0.39, 0.29) is 17.9 Å². The van der Waals surface area contributed by atoms with Crippen LogP contribution >= 0.6 is 0 Å². The summed E-state index contributed by atoms with van der Waals surface area (Å²) in [5.41, 5.74) is -0.0990. The fourth-order valence-corrected chi connectivity index (χ4v) is 0.979. The molecule has 0 atom stereocenters. The number of ether oxygens (including phenoxy) is 2. The monoisotopic (exact) mass is 222 g/mol. The largest absolute Gasteiger partial charge is 0.514 e. The first-order chi connectivity index (χ1) is 7.65. The van der Waals surface area contributed by atoms with Gasteiger partial charge in [0.15, 0.2) is 0 Å². The van der Waals surface area contributed by atoms with Gasteiger partial charge in [-0.1, -0.05) is 24.8 Å². The normalized spacial score (nSPS) is 9.25. The van der Waals surface area contributed by atoms with E-state index in [4.69, 9.17) is 9.84 Å². The number of carbonyl (C=O) groups is 2. The molecule has 0 saturated heterocycles. The topological polar surface area (TPSA) is 72.8 Å². The second-order valence-corrected chi connectivity index (χ2v) is 2.75. The Hall–Kier alpha value is -2.30. The summed E-state index contributed by atoms with van der Waals surface area (Å²) in [4.78, 5) is 21.8. The van der Waals surface area contributed by atoms with Crippen molar-refractivity contribution < 1.29 is 24.2 Å². The summed E-state index contributed by atoms with van der Waals surface area (Å²) >= 11 is 0. The van der Waals surface area contributed by atoms with E-state index >= 15 is 0 Å². The van der Waals surface area contributed by atoms with Crippen LogP contribution in [0.4, 0.5) is 4.79 Å². The van der Waals surface area contributed by atoms with Gasteiger partial charge in [0.05, 0.1) is 0 Å². The Morgan fingerprint density at radius 3 is 2.69 bits per heavy atom. The van der Waals surface area contributed by atoms with Crippen LogP contribution in [0.5, 0.6) is 5.75 Å². The van der Waals surface area contributed by atoms with Crippen LogP contribution < -0.4 is 4.74 Å². The van der Waals surface area contributed by atoms with Crippen LogP contribution in [0.15, 0.2) is 36.9 Å². The molecule has 0 aromatic heterocycles. The molecule has 0 aliphatic carbocycles. The van der Waals surface area contributed by atoms with Crippen molar-refractivity contribution >= 4 is 12.1 Å². The molecule has 1 aromatic rings. The summed E-state index contributed by atoms with van der Waals surface area (Å²) in [7, 11) is 0. The van der Waals surface area contributed by atoms with Crippen molar-refractivity contribution in [2.45, 2.75) is 0 Å². The van der Waals surface area contributed by atoms with Gasteiger partial charge in [-0.15, -0.1) is 0 Å². The third-order valence-corrected chi connectivity index (χ3v) is 1.63.